The van der Waals surface area contributed by atoms with Gasteiger partial charge in [-0.3, -0.25) is 19.5 Å². The minimum Gasteiger partial charge on any atom is -0.480 e. The summed E-state index contributed by atoms with van der Waals surface area (Å²) in [5, 5.41) is 9.62. The monoisotopic (exact) mass is 335 g/mol. The maximum atomic E-state index is 12.2. The van der Waals surface area contributed by atoms with E-state index in [-0.39, 0.29) is 11.9 Å². The van der Waals surface area contributed by atoms with E-state index in [0.717, 1.165) is 0 Å². The number of carbonyl (C=O) groups excluding carboxylic acids is 1. The lowest BCUT2D eigenvalue weighted by molar-refractivity contribution is -0.163. The van der Waals surface area contributed by atoms with Gasteiger partial charge in [0.1, 0.15) is 11.6 Å². The molecule has 7 heteroatoms. The minimum atomic E-state index is -0.965. The fraction of sp³-hybridized carbons (Fsp3) is 0.588. The van der Waals surface area contributed by atoms with Crippen molar-refractivity contribution < 1.29 is 19.4 Å². The Bertz CT molecular complexity index is 585. The zero-order chi connectivity index (χ0) is 17.9. The fourth-order valence-corrected chi connectivity index (χ4v) is 2.96. The number of hydrogen-bond acceptors (Lipinski definition) is 6. The molecule has 3 atom stereocenters. The van der Waals surface area contributed by atoms with Gasteiger partial charge in [-0.2, -0.15) is 0 Å². The topological polar surface area (TPSA) is 106 Å². The number of piperidine rings is 1. The number of likely N-dealkylation sites (tertiary alicyclic amines) is 1. The zero-order valence-corrected chi connectivity index (χ0v) is 14.3. The lowest BCUT2D eigenvalue weighted by atomic mass is 9.92. The lowest BCUT2D eigenvalue weighted by Crippen LogP contribution is -2.52. The molecule has 0 amide bonds. The predicted octanol–water partition coefficient (Wildman–Crippen LogP) is 1.55. The van der Waals surface area contributed by atoms with Crippen LogP contribution >= 0.6 is 0 Å². The number of carboxylic acids is 1. The highest BCUT2D eigenvalue weighted by Gasteiger charge is 2.38. The summed E-state index contributed by atoms with van der Waals surface area (Å²) < 4.78 is 5.42. The molecule has 3 N–H and O–H groups in total. The summed E-state index contributed by atoms with van der Waals surface area (Å²) in [6.07, 6.45) is 3.50. The Labute approximate surface area is 141 Å². The first-order valence-corrected chi connectivity index (χ1v) is 8.06. The van der Waals surface area contributed by atoms with Crippen molar-refractivity contribution in [2.45, 2.75) is 51.4 Å². The smallest absolute Gasteiger partial charge is 0.325 e. The van der Waals surface area contributed by atoms with Gasteiger partial charge < -0.3 is 15.6 Å². The van der Waals surface area contributed by atoms with Crippen molar-refractivity contribution in [3.8, 4) is 0 Å². The molecule has 1 saturated heterocycles. The Morgan fingerprint density at radius 3 is 2.50 bits per heavy atom. The number of hydrogen-bond donors (Lipinski definition) is 2. The molecule has 24 heavy (non-hydrogen) atoms. The summed E-state index contributed by atoms with van der Waals surface area (Å²) in [7, 11) is 0. The summed E-state index contributed by atoms with van der Waals surface area (Å²) in [5.74, 6) is -1.54. The molecule has 1 aliphatic heterocycles. The van der Waals surface area contributed by atoms with E-state index >= 15 is 0 Å². The van der Waals surface area contributed by atoms with Crippen LogP contribution in [-0.4, -0.2) is 45.2 Å². The molecule has 1 aliphatic rings. The molecule has 7 nitrogen and oxygen atoms in total. The minimum absolute atomic E-state index is 0.270. The van der Waals surface area contributed by atoms with Gasteiger partial charge >= 0.3 is 11.9 Å². The van der Waals surface area contributed by atoms with Crippen LogP contribution in [-0.2, 0) is 14.3 Å². The van der Waals surface area contributed by atoms with E-state index in [2.05, 4.69) is 4.98 Å². The number of pyridine rings is 1. The van der Waals surface area contributed by atoms with Crippen molar-refractivity contribution in [2.24, 2.45) is 11.7 Å². The Morgan fingerprint density at radius 1 is 1.38 bits per heavy atom. The van der Waals surface area contributed by atoms with Gasteiger partial charge in [0.25, 0.3) is 0 Å². The molecule has 132 valence electrons. The van der Waals surface area contributed by atoms with E-state index in [1.807, 2.05) is 20.8 Å². The Balaban J connectivity index is 2.09. The van der Waals surface area contributed by atoms with Gasteiger partial charge in [-0.15, -0.1) is 0 Å². The van der Waals surface area contributed by atoms with E-state index in [0.29, 0.717) is 24.9 Å². The van der Waals surface area contributed by atoms with Gasteiger partial charge in [-0.05, 0) is 51.3 Å². The van der Waals surface area contributed by atoms with Crippen molar-refractivity contribution >= 4 is 11.9 Å². The van der Waals surface area contributed by atoms with Crippen molar-refractivity contribution in [1.82, 2.24) is 9.88 Å². The first kappa shape index (κ1) is 18.4. The quantitative estimate of drug-likeness (QED) is 0.804. The molecule has 2 rings (SSSR count). The van der Waals surface area contributed by atoms with Crippen LogP contribution in [0.3, 0.4) is 0 Å². The number of ether oxygens (including phenoxy) is 1. The van der Waals surface area contributed by atoms with Gasteiger partial charge in [0, 0.05) is 18.9 Å². The second-order valence-electron chi connectivity index (χ2n) is 7.08. The number of nitrogens with two attached hydrogens (primary N) is 1. The number of esters is 1. The molecule has 0 unspecified atom stereocenters. The molecular weight excluding hydrogens is 310 g/mol. The summed E-state index contributed by atoms with van der Waals surface area (Å²) in [6.45, 7) is 5.89. The fourth-order valence-electron chi connectivity index (χ4n) is 2.96. The van der Waals surface area contributed by atoms with Crippen molar-refractivity contribution in [1.29, 1.82) is 0 Å². The molecule has 2 heterocycles. The summed E-state index contributed by atoms with van der Waals surface area (Å²) >= 11 is 0. The third kappa shape index (κ3) is 4.52. The van der Waals surface area contributed by atoms with Crippen LogP contribution in [0.25, 0.3) is 0 Å². The summed E-state index contributed by atoms with van der Waals surface area (Å²) in [6, 6.07) is 2.50. The summed E-state index contributed by atoms with van der Waals surface area (Å²) in [5.41, 5.74) is 6.27. The maximum absolute atomic E-state index is 12.2. The Morgan fingerprint density at radius 2 is 2.00 bits per heavy atom. The standard InChI is InChI=1S/C17H25N3O4/c1-17(2,3)24-16(23)12-6-9-20(13(18)10-12)14(15(21)22)11-4-7-19-8-5-11/h4-5,7-8,12-14H,6,9-10,18H2,1-3H3,(H,21,22)/t12-,13-,14-/m1/s1. The first-order valence-electron chi connectivity index (χ1n) is 8.06. The highest BCUT2D eigenvalue weighted by molar-refractivity contribution is 5.76. The molecule has 0 radical (unpaired) electrons. The van der Waals surface area contributed by atoms with Crippen molar-refractivity contribution in [3.63, 3.8) is 0 Å². The van der Waals surface area contributed by atoms with Gasteiger partial charge in [0.05, 0.1) is 12.1 Å². The van der Waals surface area contributed by atoms with Crippen LogP contribution in [0.15, 0.2) is 24.5 Å². The van der Waals surface area contributed by atoms with Gasteiger partial charge in [-0.1, -0.05) is 0 Å². The van der Waals surface area contributed by atoms with Gasteiger partial charge in [0.2, 0.25) is 0 Å². The molecule has 0 spiro atoms. The molecule has 1 aromatic heterocycles. The number of rotatable bonds is 4. The first-order chi connectivity index (χ1) is 11.2. The summed E-state index contributed by atoms with van der Waals surface area (Å²) in [4.78, 5) is 29.6. The van der Waals surface area contributed by atoms with Crippen LogP contribution < -0.4 is 5.73 Å². The SMILES string of the molecule is CC(C)(C)OC(=O)[C@@H]1CCN([C@@H](C(=O)O)c2ccncc2)[C@@H](N)C1. The number of aromatic nitrogens is 1. The highest BCUT2D eigenvalue weighted by Crippen LogP contribution is 2.30. The van der Waals surface area contributed by atoms with E-state index in [4.69, 9.17) is 10.5 Å². The lowest BCUT2D eigenvalue weighted by Gasteiger charge is -2.40. The average Bonchev–Trinajstić information content (AvgIpc) is 2.48. The average molecular weight is 335 g/mol. The van der Waals surface area contributed by atoms with Crippen LogP contribution in [0, 0.1) is 5.92 Å². The molecular formula is C17H25N3O4. The number of carbonyl (C=O) groups is 2. The number of aliphatic carboxylic acids is 1. The largest absolute Gasteiger partial charge is 0.480 e. The molecule has 1 fully saturated rings. The van der Waals surface area contributed by atoms with Crippen LogP contribution in [0.5, 0.6) is 0 Å². The normalized spacial score (nSPS) is 23.5. The number of nitrogens with zero attached hydrogens (tertiary/aromatic N) is 2. The second kappa shape index (κ2) is 7.27. The zero-order valence-electron chi connectivity index (χ0n) is 14.3. The van der Waals surface area contributed by atoms with Crippen molar-refractivity contribution in [2.75, 3.05) is 6.54 Å². The predicted molar refractivity (Wildman–Crippen MR) is 87.9 cm³/mol. The second-order valence-corrected chi connectivity index (χ2v) is 7.08. The van der Waals surface area contributed by atoms with Crippen molar-refractivity contribution in [3.05, 3.63) is 30.1 Å². The molecule has 0 aliphatic carbocycles. The third-order valence-corrected chi connectivity index (χ3v) is 4.02. The van der Waals surface area contributed by atoms with Gasteiger partial charge in [0.15, 0.2) is 0 Å². The van der Waals surface area contributed by atoms with Crippen LogP contribution in [0.1, 0.15) is 45.2 Å². The van der Waals surface area contributed by atoms with Crippen LogP contribution in [0.2, 0.25) is 0 Å². The Hall–Kier alpha value is -1.99. The van der Waals surface area contributed by atoms with E-state index in [1.165, 1.54) is 0 Å². The molecule has 1 aromatic rings. The van der Waals surface area contributed by atoms with E-state index < -0.39 is 23.8 Å². The molecule has 0 saturated carbocycles. The maximum Gasteiger partial charge on any atom is 0.325 e. The van der Waals surface area contributed by atoms with Gasteiger partial charge in [-0.25, -0.2) is 0 Å². The third-order valence-electron chi connectivity index (χ3n) is 4.02. The molecule has 0 bridgehead atoms. The highest BCUT2D eigenvalue weighted by atomic mass is 16.6. The van der Waals surface area contributed by atoms with E-state index in [1.54, 1.807) is 29.4 Å². The number of carboxylic acid groups (broad SMARTS) is 1. The Kier molecular flexibility index (Phi) is 5.56. The molecule has 0 aromatic carbocycles. The van der Waals surface area contributed by atoms with Crippen LogP contribution in [0.4, 0.5) is 0 Å². The van der Waals surface area contributed by atoms with E-state index in [9.17, 15) is 14.7 Å².